The molecule has 2 N–H and O–H groups in total. The van der Waals surface area contributed by atoms with Crippen LogP contribution in [0.4, 0.5) is 11.4 Å². The molecule has 2 rings (SSSR count). The predicted octanol–water partition coefficient (Wildman–Crippen LogP) is 3.70. The molecule has 7 nitrogen and oxygen atoms in total. The molecule has 0 aliphatic carbocycles. The number of thiocarbonyl (C=S) groups is 1. The number of benzene rings is 2. The fraction of sp³-hybridized carbons (Fsp3) is 0.176. The van der Waals surface area contributed by atoms with Gasteiger partial charge in [0.2, 0.25) is 0 Å². The van der Waals surface area contributed by atoms with Gasteiger partial charge in [0.05, 0.1) is 17.7 Å². The number of nitro benzene ring substituents is 1. The van der Waals surface area contributed by atoms with Crippen LogP contribution in [0.3, 0.4) is 0 Å². The van der Waals surface area contributed by atoms with Crippen molar-refractivity contribution >= 4 is 34.9 Å². The van der Waals surface area contributed by atoms with Crippen molar-refractivity contribution in [3.8, 4) is 5.75 Å². The minimum Gasteiger partial charge on any atom is -0.487 e. The van der Waals surface area contributed by atoms with Crippen LogP contribution in [0.25, 0.3) is 0 Å². The fourth-order valence-corrected chi connectivity index (χ4v) is 2.11. The van der Waals surface area contributed by atoms with E-state index in [1.54, 1.807) is 12.1 Å². The van der Waals surface area contributed by atoms with Crippen LogP contribution in [0.2, 0.25) is 0 Å². The van der Waals surface area contributed by atoms with E-state index < -0.39 is 4.92 Å². The first kappa shape index (κ1) is 18.3. The van der Waals surface area contributed by atoms with Crippen LogP contribution in [0.5, 0.6) is 5.75 Å². The molecule has 0 heterocycles. The van der Waals surface area contributed by atoms with E-state index in [1.807, 2.05) is 37.3 Å². The predicted molar refractivity (Wildman–Crippen MR) is 102 cm³/mol. The molecule has 0 fully saturated rings. The SMILES string of the molecule is CCCOc1ccc(/C=N/NC(=S)Nc2ccccc2)cc1[N+](=O)[O-]. The van der Waals surface area contributed by atoms with E-state index in [2.05, 4.69) is 15.8 Å². The highest BCUT2D eigenvalue weighted by Crippen LogP contribution is 2.27. The Bertz CT molecular complexity index is 766. The highest BCUT2D eigenvalue weighted by atomic mass is 32.1. The number of para-hydroxylation sites is 1. The lowest BCUT2D eigenvalue weighted by Gasteiger charge is -2.07. The van der Waals surface area contributed by atoms with Gasteiger partial charge in [-0.2, -0.15) is 5.10 Å². The number of nitrogens with one attached hydrogen (secondary N) is 2. The molecule has 25 heavy (non-hydrogen) atoms. The third-order valence-corrected chi connectivity index (χ3v) is 3.25. The van der Waals surface area contributed by atoms with E-state index in [0.717, 1.165) is 12.1 Å². The molecule has 0 radical (unpaired) electrons. The molecule has 0 aromatic heterocycles. The molecular weight excluding hydrogens is 340 g/mol. The number of hydrazone groups is 1. The van der Waals surface area contributed by atoms with Crippen molar-refractivity contribution in [1.29, 1.82) is 0 Å². The zero-order valence-electron chi connectivity index (χ0n) is 13.6. The number of nitro groups is 1. The summed E-state index contributed by atoms with van der Waals surface area (Å²) < 4.78 is 5.38. The van der Waals surface area contributed by atoms with Crippen molar-refractivity contribution in [2.45, 2.75) is 13.3 Å². The summed E-state index contributed by atoms with van der Waals surface area (Å²) in [7, 11) is 0. The van der Waals surface area contributed by atoms with Crippen LogP contribution in [-0.2, 0) is 0 Å². The number of rotatable bonds is 7. The Hall–Kier alpha value is -3.00. The second-order valence-corrected chi connectivity index (χ2v) is 5.43. The number of hydrogen-bond acceptors (Lipinski definition) is 5. The average Bonchev–Trinajstić information content (AvgIpc) is 2.61. The van der Waals surface area contributed by atoms with Crippen molar-refractivity contribution in [3.05, 3.63) is 64.2 Å². The van der Waals surface area contributed by atoms with Crippen molar-refractivity contribution < 1.29 is 9.66 Å². The lowest BCUT2D eigenvalue weighted by molar-refractivity contribution is -0.385. The molecule has 0 spiro atoms. The van der Waals surface area contributed by atoms with Gasteiger partial charge in [-0.05, 0) is 42.9 Å². The summed E-state index contributed by atoms with van der Waals surface area (Å²) in [5, 5.41) is 18.4. The molecule has 0 atom stereocenters. The van der Waals surface area contributed by atoms with Gasteiger partial charge in [0, 0.05) is 17.3 Å². The van der Waals surface area contributed by atoms with Gasteiger partial charge in [0.1, 0.15) is 0 Å². The summed E-state index contributed by atoms with van der Waals surface area (Å²) >= 11 is 5.12. The van der Waals surface area contributed by atoms with Crippen molar-refractivity contribution in [1.82, 2.24) is 5.43 Å². The summed E-state index contributed by atoms with van der Waals surface area (Å²) in [5.74, 6) is 0.248. The van der Waals surface area contributed by atoms with Crippen LogP contribution < -0.4 is 15.5 Å². The van der Waals surface area contributed by atoms with Gasteiger partial charge < -0.3 is 10.1 Å². The largest absolute Gasteiger partial charge is 0.487 e. The number of ether oxygens (including phenoxy) is 1. The Morgan fingerprint density at radius 3 is 2.76 bits per heavy atom. The topological polar surface area (TPSA) is 88.8 Å². The summed E-state index contributed by atoms with van der Waals surface area (Å²) in [6.07, 6.45) is 2.23. The van der Waals surface area contributed by atoms with Gasteiger partial charge in [-0.25, -0.2) is 0 Å². The molecule has 130 valence electrons. The molecule has 0 saturated heterocycles. The Kier molecular flexibility index (Phi) is 6.85. The van der Waals surface area contributed by atoms with Gasteiger partial charge in [-0.3, -0.25) is 15.5 Å². The lowest BCUT2D eigenvalue weighted by atomic mass is 10.2. The molecule has 0 saturated carbocycles. The first-order valence-electron chi connectivity index (χ1n) is 7.66. The smallest absolute Gasteiger partial charge is 0.311 e. The molecule has 0 amide bonds. The standard InChI is InChI=1S/C17H18N4O3S/c1-2-10-24-16-9-8-13(11-15(16)21(22)23)12-18-20-17(25)19-14-6-4-3-5-7-14/h3-9,11-12H,2,10H2,1H3,(H2,19,20,25)/b18-12+. The van der Waals surface area contributed by atoms with Gasteiger partial charge in [0.15, 0.2) is 10.9 Å². The molecule has 0 unspecified atom stereocenters. The van der Waals surface area contributed by atoms with Crippen molar-refractivity contribution in [3.63, 3.8) is 0 Å². The maximum absolute atomic E-state index is 11.2. The molecule has 0 bridgehead atoms. The summed E-state index contributed by atoms with van der Waals surface area (Å²) in [6, 6.07) is 14.1. The first-order chi connectivity index (χ1) is 12.1. The number of nitrogens with zero attached hydrogens (tertiary/aromatic N) is 2. The third-order valence-electron chi connectivity index (χ3n) is 3.05. The van der Waals surface area contributed by atoms with Crippen LogP contribution in [-0.4, -0.2) is 22.9 Å². The van der Waals surface area contributed by atoms with Gasteiger partial charge in [-0.15, -0.1) is 0 Å². The van der Waals surface area contributed by atoms with Crippen LogP contribution >= 0.6 is 12.2 Å². The third kappa shape index (κ3) is 5.85. The number of anilines is 1. The molecule has 8 heteroatoms. The molecule has 2 aromatic carbocycles. The maximum Gasteiger partial charge on any atom is 0.311 e. The van der Waals surface area contributed by atoms with Crippen LogP contribution in [0, 0.1) is 10.1 Å². The normalized spacial score (nSPS) is 10.4. The molecular formula is C17H18N4O3S. The van der Waals surface area contributed by atoms with Gasteiger partial charge in [-0.1, -0.05) is 25.1 Å². The Balaban J connectivity index is 1.99. The molecule has 0 aliphatic rings. The van der Waals surface area contributed by atoms with Crippen LogP contribution in [0.15, 0.2) is 53.6 Å². The second kappa shape index (κ2) is 9.33. The lowest BCUT2D eigenvalue weighted by Crippen LogP contribution is -2.23. The Morgan fingerprint density at radius 2 is 2.08 bits per heavy atom. The quantitative estimate of drug-likeness (QED) is 0.339. The van der Waals surface area contributed by atoms with E-state index in [-0.39, 0.29) is 11.4 Å². The van der Waals surface area contributed by atoms with E-state index in [4.69, 9.17) is 17.0 Å². The van der Waals surface area contributed by atoms with E-state index in [9.17, 15) is 10.1 Å². The van der Waals surface area contributed by atoms with E-state index >= 15 is 0 Å². The fourth-order valence-electron chi connectivity index (χ4n) is 1.94. The zero-order chi connectivity index (χ0) is 18.1. The minimum absolute atomic E-state index is 0.0950. The van der Waals surface area contributed by atoms with Crippen molar-refractivity contribution in [2.75, 3.05) is 11.9 Å². The number of hydrogen-bond donors (Lipinski definition) is 2. The van der Waals surface area contributed by atoms with Crippen molar-refractivity contribution in [2.24, 2.45) is 5.10 Å². The first-order valence-corrected chi connectivity index (χ1v) is 8.07. The summed E-state index contributed by atoms with van der Waals surface area (Å²) in [4.78, 5) is 10.7. The highest BCUT2D eigenvalue weighted by molar-refractivity contribution is 7.80. The van der Waals surface area contributed by atoms with Gasteiger partial charge >= 0.3 is 5.69 Å². The van der Waals surface area contributed by atoms with E-state index in [0.29, 0.717) is 17.3 Å². The van der Waals surface area contributed by atoms with Gasteiger partial charge in [0.25, 0.3) is 0 Å². The summed E-state index contributed by atoms with van der Waals surface area (Å²) in [6.45, 7) is 2.36. The zero-order valence-corrected chi connectivity index (χ0v) is 14.5. The van der Waals surface area contributed by atoms with Crippen LogP contribution in [0.1, 0.15) is 18.9 Å². The molecule has 2 aromatic rings. The minimum atomic E-state index is -0.475. The summed E-state index contributed by atoms with van der Waals surface area (Å²) in [5.41, 5.74) is 3.97. The maximum atomic E-state index is 11.2. The van der Waals surface area contributed by atoms with E-state index in [1.165, 1.54) is 12.3 Å². The average molecular weight is 358 g/mol. The molecule has 0 aliphatic heterocycles. The monoisotopic (exact) mass is 358 g/mol. The Labute approximate surface area is 150 Å². The highest BCUT2D eigenvalue weighted by Gasteiger charge is 2.15. The Morgan fingerprint density at radius 1 is 1.32 bits per heavy atom. The second-order valence-electron chi connectivity index (χ2n) is 5.02.